The van der Waals surface area contributed by atoms with Crippen LogP contribution in [0.15, 0.2) is 42.5 Å². The predicted molar refractivity (Wildman–Crippen MR) is 132 cm³/mol. The summed E-state index contributed by atoms with van der Waals surface area (Å²) >= 11 is 0. The molecule has 0 atom stereocenters. The van der Waals surface area contributed by atoms with E-state index in [9.17, 15) is 22.8 Å². The van der Waals surface area contributed by atoms with E-state index >= 15 is 0 Å². The van der Waals surface area contributed by atoms with Gasteiger partial charge in [0.2, 0.25) is 0 Å². The number of benzene rings is 2. The average molecular weight is 494 g/mol. The van der Waals surface area contributed by atoms with Crippen molar-refractivity contribution in [2.75, 3.05) is 36.4 Å². The molecule has 1 saturated heterocycles. The molecule has 1 heterocycles. The lowest BCUT2D eigenvalue weighted by Gasteiger charge is -2.37. The Kier molecular flexibility index (Phi) is 9.18. The number of nitrogens with zero attached hydrogens (tertiary/aromatic N) is 2. The number of rotatable bonds is 3. The highest BCUT2D eigenvalue weighted by Crippen LogP contribution is 2.38. The number of amides is 2. The van der Waals surface area contributed by atoms with Gasteiger partial charge in [-0.25, -0.2) is 4.79 Å². The molecule has 0 saturated carbocycles. The van der Waals surface area contributed by atoms with Crippen LogP contribution < -0.4 is 10.2 Å². The summed E-state index contributed by atoms with van der Waals surface area (Å²) in [4.78, 5) is 27.8. The van der Waals surface area contributed by atoms with Gasteiger partial charge in [0.1, 0.15) is 5.60 Å². The number of halogens is 3. The maximum atomic E-state index is 13.9. The third-order valence-corrected chi connectivity index (χ3v) is 5.11. The number of hydrogen-bond acceptors (Lipinski definition) is 4. The van der Waals surface area contributed by atoms with Gasteiger partial charge in [-0.1, -0.05) is 31.5 Å². The minimum atomic E-state index is -4.61. The molecule has 6 nitrogen and oxygen atoms in total. The Morgan fingerprint density at radius 3 is 2.11 bits per heavy atom. The normalized spacial score (nSPS) is 14.1. The smallest absolute Gasteiger partial charge is 0.418 e. The average Bonchev–Trinajstić information content (AvgIpc) is 2.79. The maximum Gasteiger partial charge on any atom is 0.418 e. The fourth-order valence-corrected chi connectivity index (χ4v) is 3.56. The fourth-order valence-electron chi connectivity index (χ4n) is 3.56. The van der Waals surface area contributed by atoms with Gasteiger partial charge < -0.3 is 19.9 Å². The SMILES string of the molecule is CC.Cc1cccc(C(=O)Nc2ccc(N3CCN(C(=O)OC(C)(C)C)CC3)c(C(F)(F)F)c2)c1. The Balaban J connectivity index is 0.00000210. The Morgan fingerprint density at radius 2 is 1.57 bits per heavy atom. The summed E-state index contributed by atoms with van der Waals surface area (Å²) in [7, 11) is 0. The van der Waals surface area contributed by atoms with Gasteiger partial charge in [0.25, 0.3) is 5.91 Å². The van der Waals surface area contributed by atoms with E-state index in [0.29, 0.717) is 5.56 Å². The molecule has 0 aliphatic carbocycles. The Labute approximate surface area is 205 Å². The summed E-state index contributed by atoms with van der Waals surface area (Å²) in [5.74, 6) is -0.481. The molecule has 1 aliphatic rings. The number of nitrogens with one attached hydrogen (secondary N) is 1. The van der Waals surface area contributed by atoms with Gasteiger partial charge in [-0.15, -0.1) is 0 Å². The van der Waals surface area contributed by atoms with Crippen LogP contribution >= 0.6 is 0 Å². The predicted octanol–water partition coefficient (Wildman–Crippen LogP) is 6.35. The molecule has 0 radical (unpaired) electrons. The lowest BCUT2D eigenvalue weighted by atomic mass is 10.1. The number of ether oxygens (including phenoxy) is 1. The number of carbonyl (C=O) groups excluding carboxylic acids is 2. The molecule has 1 N–H and O–H groups in total. The molecule has 1 aliphatic heterocycles. The lowest BCUT2D eigenvalue weighted by molar-refractivity contribution is -0.137. The number of alkyl halides is 3. The van der Waals surface area contributed by atoms with Crippen LogP contribution in [0.25, 0.3) is 0 Å². The summed E-state index contributed by atoms with van der Waals surface area (Å²) in [6, 6.07) is 10.6. The molecule has 2 amide bonds. The first kappa shape index (κ1) is 28.0. The van der Waals surface area contributed by atoms with Crippen molar-refractivity contribution in [1.82, 2.24) is 4.90 Å². The van der Waals surface area contributed by atoms with Gasteiger partial charge in [-0.3, -0.25) is 4.79 Å². The largest absolute Gasteiger partial charge is 0.444 e. The number of carbonyl (C=O) groups is 2. The number of anilines is 2. The topological polar surface area (TPSA) is 61.9 Å². The third kappa shape index (κ3) is 7.90. The van der Waals surface area contributed by atoms with Crippen LogP contribution in [0.5, 0.6) is 0 Å². The maximum absolute atomic E-state index is 13.9. The quantitative estimate of drug-likeness (QED) is 0.541. The van der Waals surface area contributed by atoms with Crippen LogP contribution in [0.4, 0.5) is 29.3 Å². The highest BCUT2D eigenvalue weighted by atomic mass is 19.4. The zero-order valence-electron chi connectivity index (χ0n) is 21.1. The van der Waals surface area contributed by atoms with Crippen LogP contribution in [0.3, 0.4) is 0 Å². The van der Waals surface area contributed by atoms with Gasteiger partial charge in [0.05, 0.1) is 5.56 Å². The number of aryl methyl sites for hydroxylation is 1. The molecular weight excluding hydrogens is 459 g/mol. The van der Waals surface area contributed by atoms with Crippen molar-refractivity contribution in [3.63, 3.8) is 0 Å². The van der Waals surface area contributed by atoms with Crippen LogP contribution in [0, 0.1) is 6.92 Å². The molecule has 9 heteroatoms. The van der Waals surface area contributed by atoms with Crippen molar-refractivity contribution in [1.29, 1.82) is 0 Å². The molecule has 35 heavy (non-hydrogen) atoms. The van der Waals surface area contributed by atoms with Gasteiger partial charge in [0, 0.05) is 43.1 Å². The minimum Gasteiger partial charge on any atom is -0.444 e. The second-order valence-corrected chi connectivity index (χ2v) is 9.01. The van der Waals surface area contributed by atoms with Gasteiger partial charge in [-0.2, -0.15) is 13.2 Å². The second-order valence-electron chi connectivity index (χ2n) is 9.01. The number of piperazine rings is 1. The van der Waals surface area contributed by atoms with E-state index < -0.39 is 29.3 Å². The van der Waals surface area contributed by atoms with Gasteiger partial charge in [-0.05, 0) is 58.0 Å². The van der Waals surface area contributed by atoms with E-state index in [1.807, 2.05) is 26.8 Å². The molecule has 1 fully saturated rings. The molecule has 0 unspecified atom stereocenters. The van der Waals surface area contributed by atoms with Crippen LogP contribution in [-0.2, 0) is 10.9 Å². The van der Waals surface area contributed by atoms with Crippen molar-refractivity contribution in [2.24, 2.45) is 0 Å². The van der Waals surface area contributed by atoms with Crippen LogP contribution in [0.1, 0.15) is 56.1 Å². The Morgan fingerprint density at radius 1 is 0.943 bits per heavy atom. The molecule has 0 spiro atoms. The van der Waals surface area contributed by atoms with Gasteiger partial charge in [0.15, 0.2) is 0 Å². The van der Waals surface area contributed by atoms with E-state index in [0.717, 1.165) is 11.6 Å². The fraction of sp³-hybridized carbons (Fsp3) is 0.462. The summed E-state index contributed by atoms with van der Waals surface area (Å²) in [5.41, 5.74) is -0.165. The molecule has 0 bridgehead atoms. The van der Waals surface area contributed by atoms with Gasteiger partial charge >= 0.3 is 12.3 Å². The monoisotopic (exact) mass is 493 g/mol. The molecule has 192 valence electrons. The lowest BCUT2D eigenvalue weighted by Crippen LogP contribution is -2.50. The third-order valence-electron chi connectivity index (χ3n) is 5.11. The standard InChI is InChI=1S/C24H28F3N3O3.C2H6/c1-16-6-5-7-17(14-16)21(31)28-18-8-9-20(19(15-18)24(25,26)27)29-10-12-30(13-11-29)22(32)33-23(2,3)4;1-2/h5-9,14-15H,10-13H2,1-4H3,(H,28,31);1-2H3. The van der Waals surface area contributed by atoms with E-state index in [-0.39, 0.29) is 37.6 Å². The van der Waals surface area contributed by atoms with Crippen LogP contribution in [-0.4, -0.2) is 48.7 Å². The summed E-state index contributed by atoms with van der Waals surface area (Å²) in [6.45, 7) is 12.1. The van der Waals surface area contributed by atoms with E-state index in [4.69, 9.17) is 4.74 Å². The first-order valence-electron chi connectivity index (χ1n) is 11.7. The van der Waals surface area contributed by atoms with E-state index in [1.165, 1.54) is 17.0 Å². The highest BCUT2D eigenvalue weighted by molar-refractivity contribution is 6.04. The van der Waals surface area contributed by atoms with E-state index in [1.54, 1.807) is 43.9 Å². The van der Waals surface area contributed by atoms with Crippen molar-refractivity contribution < 1.29 is 27.5 Å². The van der Waals surface area contributed by atoms with Crippen molar-refractivity contribution >= 4 is 23.4 Å². The summed E-state index contributed by atoms with van der Waals surface area (Å²) in [6.07, 6.45) is -5.09. The first-order chi connectivity index (χ1) is 16.3. The molecule has 2 aromatic rings. The molecule has 3 rings (SSSR count). The second kappa shape index (κ2) is 11.5. The van der Waals surface area contributed by atoms with Crippen molar-refractivity contribution in [2.45, 2.75) is 53.3 Å². The van der Waals surface area contributed by atoms with Crippen molar-refractivity contribution in [3.05, 3.63) is 59.2 Å². The Hall–Kier alpha value is -3.23. The minimum absolute atomic E-state index is 0.0138. The molecular formula is C26H34F3N3O3. The summed E-state index contributed by atoms with van der Waals surface area (Å²) < 4.78 is 46.9. The zero-order chi connectivity index (χ0) is 26.4. The van der Waals surface area contributed by atoms with E-state index in [2.05, 4.69) is 5.32 Å². The zero-order valence-corrected chi connectivity index (χ0v) is 21.1. The van der Waals surface area contributed by atoms with Crippen LogP contribution in [0.2, 0.25) is 0 Å². The summed E-state index contributed by atoms with van der Waals surface area (Å²) in [5, 5.41) is 2.54. The molecule has 0 aromatic heterocycles. The highest BCUT2D eigenvalue weighted by Gasteiger charge is 2.36. The first-order valence-corrected chi connectivity index (χ1v) is 11.7. The van der Waals surface area contributed by atoms with Crippen molar-refractivity contribution in [3.8, 4) is 0 Å². The Bertz CT molecular complexity index is 1020. The number of hydrogen-bond donors (Lipinski definition) is 1. The molecule has 2 aromatic carbocycles.